The second-order valence-electron chi connectivity index (χ2n) is 7.60. The van der Waals surface area contributed by atoms with E-state index in [2.05, 4.69) is 21.9 Å². The smallest absolute Gasteiger partial charge is 0.309 e. The average Bonchev–Trinajstić information content (AvgIpc) is 3.14. The Morgan fingerprint density at radius 3 is 2.66 bits per heavy atom. The van der Waals surface area contributed by atoms with Crippen LogP contribution in [0.1, 0.15) is 26.6 Å². The van der Waals surface area contributed by atoms with Crippen molar-refractivity contribution in [2.45, 2.75) is 57.1 Å². The fraction of sp³-hybridized carbons (Fsp3) is 0.632. The molecule has 0 aromatic carbocycles. The van der Waals surface area contributed by atoms with Crippen LogP contribution < -0.4 is 10.2 Å². The number of aryl methyl sites for hydroxylation is 1. The highest BCUT2D eigenvalue weighted by atomic mass is 32.2. The van der Waals surface area contributed by atoms with Crippen LogP contribution in [-0.2, 0) is 14.3 Å². The third-order valence-corrected chi connectivity index (χ3v) is 6.28. The normalized spacial score (nSPS) is 27.3. The molecular weight excluding hydrogens is 396 g/mol. The molecule has 0 saturated carbocycles. The summed E-state index contributed by atoms with van der Waals surface area (Å²) in [6, 6.07) is 0. The number of ether oxygens (including phenoxy) is 2. The van der Waals surface area contributed by atoms with E-state index in [1.54, 1.807) is 25.8 Å². The van der Waals surface area contributed by atoms with Crippen molar-refractivity contribution in [1.82, 2.24) is 9.97 Å². The molecule has 1 aromatic heterocycles. The van der Waals surface area contributed by atoms with Gasteiger partial charge in [-0.1, -0.05) is 39.1 Å². The van der Waals surface area contributed by atoms with Crippen LogP contribution in [0.25, 0.3) is 0 Å². The highest BCUT2D eigenvalue weighted by Gasteiger charge is 2.49. The molecule has 3 heterocycles. The molecule has 29 heavy (non-hydrogen) atoms. The SMILES string of the molecule is C=C1Sc2c(NC)nc(C)nc2N1[C@@H]1O[C@H](COC(=O)[C@@H](C)C(C)C)[C@@H](O)[C@H]1O. The van der Waals surface area contributed by atoms with Gasteiger partial charge < -0.3 is 25.0 Å². The Kier molecular flexibility index (Phi) is 6.37. The zero-order valence-electron chi connectivity index (χ0n) is 17.2. The molecule has 2 aliphatic heterocycles. The van der Waals surface area contributed by atoms with E-state index in [-0.39, 0.29) is 24.4 Å². The highest BCUT2D eigenvalue weighted by Crippen LogP contribution is 2.49. The molecule has 0 amide bonds. The van der Waals surface area contributed by atoms with Crippen molar-refractivity contribution in [1.29, 1.82) is 0 Å². The van der Waals surface area contributed by atoms with E-state index >= 15 is 0 Å². The Bertz CT molecular complexity index is 805. The van der Waals surface area contributed by atoms with Crippen molar-refractivity contribution < 1.29 is 24.5 Å². The number of carbonyl (C=O) groups excluding carboxylic acids is 1. The molecule has 3 rings (SSSR count). The predicted molar refractivity (Wildman–Crippen MR) is 109 cm³/mol. The lowest BCUT2D eigenvalue weighted by Gasteiger charge is -2.28. The van der Waals surface area contributed by atoms with Crippen LogP contribution >= 0.6 is 11.8 Å². The van der Waals surface area contributed by atoms with E-state index in [1.165, 1.54) is 11.8 Å². The Balaban J connectivity index is 1.77. The lowest BCUT2D eigenvalue weighted by molar-refractivity contribution is -0.154. The molecule has 5 atom stereocenters. The minimum atomic E-state index is -1.22. The van der Waals surface area contributed by atoms with E-state index in [1.807, 2.05) is 13.8 Å². The average molecular weight is 425 g/mol. The van der Waals surface area contributed by atoms with Gasteiger partial charge in [-0.2, -0.15) is 0 Å². The summed E-state index contributed by atoms with van der Waals surface area (Å²) in [4.78, 5) is 23.4. The lowest BCUT2D eigenvalue weighted by atomic mass is 9.99. The van der Waals surface area contributed by atoms with Crippen molar-refractivity contribution in [3.8, 4) is 0 Å². The minimum Gasteiger partial charge on any atom is -0.463 e. The van der Waals surface area contributed by atoms with Crippen LogP contribution in [0.2, 0.25) is 0 Å². The fourth-order valence-electron chi connectivity index (χ4n) is 3.17. The molecule has 9 nitrogen and oxygen atoms in total. The number of aliphatic hydroxyl groups is 2. The first-order chi connectivity index (χ1) is 13.6. The third kappa shape index (κ3) is 4.07. The topological polar surface area (TPSA) is 117 Å². The van der Waals surface area contributed by atoms with Gasteiger partial charge in [0.2, 0.25) is 0 Å². The summed E-state index contributed by atoms with van der Waals surface area (Å²) in [5, 5.41) is 24.7. The number of hydrogen-bond acceptors (Lipinski definition) is 10. The molecule has 1 aromatic rings. The van der Waals surface area contributed by atoms with Gasteiger partial charge in [0.15, 0.2) is 12.0 Å². The van der Waals surface area contributed by atoms with E-state index < -0.39 is 24.5 Å². The van der Waals surface area contributed by atoms with Crippen LogP contribution in [0.15, 0.2) is 16.5 Å². The molecule has 0 unspecified atom stereocenters. The van der Waals surface area contributed by atoms with Crippen molar-refractivity contribution in [3.63, 3.8) is 0 Å². The maximum Gasteiger partial charge on any atom is 0.309 e. The largest absolute Gasteiger partial charge is 0.463 e. The van der Waals surface area contributed by atoms with Crippen LogP contribution in [-0.4, -0.2) is 64.3 Å². The molecular formula is C19H28N4O5S. The number of nitrogens with zero attached hydrogens (tertiary/aromatic N) is 3. The summed E-state index contributed by atoms with van der Waals surface area (Å²) in [6.07, 6.45) is -4.20. The van der Waals surface area contributed by atoms with Gasteiger partial charge in [0.05, 0.1) is 15.8 Å². The van der Waals surface area contributed by atoms with Crippen molar-refractivity contribution >= 4 is 29.4 Å². The summed E-state index contributed by atoms with van der Waals surface area (Å²) in [7, 11) is 1.77. The van der Waals surface area contributed by atoms with Gasteiger partial charge in [0.25, 0.3) is 0 Å². The molecule has 0 spiro atoms. The summed E-state index contributed by atoms with van der Waals surface area (Å²) >= 11 is 1.36. The first-order valence-electron chi connectivity index (χ1n) is 9.56. The number of nitrogens with one attached hydrogen (secondary N) is 1. The zero-order valence-corrected chi connectivity index (χ0v) is 18.1. The summed E-state index contributed by atoms with van der Waals surface area (Å²) in [5.41, 5.74) is 0. The van der Waals surface area contributed by atoms with E-state index in [4.69, 9.17) is 9.47 Å². The third-order valence-electron chi connectivity index (χ3n) is 5.27. The first-order valence-corrected chi connectivity index (χ1v) is 10.4. The quantitative estimate of drug-likeness (QED) is 0.580. The van der Waals surface area contributed by atoms with Crippen LogP contribution in [0.3, 0.4) is 0 Å². The monoisotopic (exact) mass is 424 g/mol. The maximum atomic E-state index is 12.1. The second kappa shape index (κ2) is 8.47. The Morgan fingerprint density at radius 2 is 2.03 bits per heavy atom. The second-order valence-corrected chi connectivity index (χ2v) is 8.68. The number of esters is 1. The minimum absolute atomic E-state index is 0.140. The van der Waals surface area contributed by atoms with Crippen molar-refractivity contribution in [2.24, 2.45) is 11.8 Å². The molecule has 1 saturated heterocycles. The molecule has 0 aliphatic carbocycles. The summed E-state index contributed by atoms with van der Waals surface area (Å²) in [6.45, 7) is 11.3. The van der Waals surface area contributed by atoms with Gasteiger partial charge in [0, 0.05) is 7.05 Å². The summed E-state index contributed by atoms with van der Waals surface area (Å²) < 4.78 is 11.2. The molecule has 0 radical (unpaired) electrons. The van der Waals surface area contributed by atoms with E-state index in [9.17, 15) is 15.0 Å². The highest BCUT2D eigenvalue weighted by molar-refractivity contribution is 8.03. The number of aliphatic hydroxyl groups excluding tert-OH is 2. The van der Waals surface area contributed by atoms with E-state index in [0.717, 1.165) is 4.90 Å². The fourth-order valence-corrected chi connectivity index (χ4v) is 4.17. The van der Waals surface area contributed by atoms with Gasteiger partial charge in [-0.3, -0.25) is 9.69 Å². The number of anilines is 2. The predicted octanol–water partition coefficient (Wildman–Crippen LogP) is 1.49. The van der Waals surface area contributed by atoms with Gasteiger partial charge in [-0.05, 0) is 12.8 Å². The number of thioether (sulfide) groups is 1. The zero-order chi connectivity index (χ0) is 21.5. The molecule has 0 bridgehead atoms. The molecule has 2 aliphatic rings. The Hall–Kier alpha value is -1.88. The molecule has 10 heteroatoms. The Morgan fingerprint density at radius 1 is 1.34 bits per heavy atom. The number of carbonyl (C=O) groups is 1. The van der Waals surface area contributed by atoms with Crippen molar-refractivity contribution in [2.75, 3.05) is 23.9 Å². The van der Waals surface area contributed by atoms with Gasteiger partial charge >= 0.3 is 5.97 Å². The number of hydrogen-bond donors (Lipinski definition) is 3. The van der Waals surface area contributed by atoms with E-state index in [0.29, 0.717) is 22.5 Å². The van der Waals surface area contributed by atoms with Gasteiger partial charge in [0.1, 0.15) is 36.6 Å². The van der Waals surface area contributed by atoms with Gasteiger partial charge in [-0.15, -0.1) is 0 Å². The van der Waals surface area contributed by atoms with Crippen molar-refractivity contribution in [3.05, 3.63) is 17.4 Å². The molecule has 160 valence electrons. The molecule has 3 N–H and O–H groups in total. The van der Waals surface area contributed by atoms with Crippen LogP contribution in [0.4, 0.5) is 11.6 Å². The first kappa shape index (κ1) is 21.8. The number of aromatic nitrogens is 2. The number of rotatable bonds is 6. The van der Waals surface area contributed by atoms with Crippen LogP contribution in [0, 0.1) is 18.8 Å². The number of fused-ring (bicyclic) bond motifs is 1. The lowest BCUT2D eigenvalue weighted by Crippen LogP contribution is -2.42. The molecule has 1 fully saturated rings. The standard InChI is InChI=1S/C19H28N4O5S/c1-8(2)9(3)19(26)27-7-12-13(24)14(25)18(28-12)23-11(5)29-15-16(20-6)21-10(4)22-17(15)23/h8-9,12-14,18,24-25H,5,7H2,1-4,6H3,(H,20,21,22)/t9-,12+,13+,14+,18+/m0/s1. The maximum absolute atomic E-state index is 12.1. The van der Waals surface area contributed by atoms with Crippen LogP contribution in [0.5, 0.6) is 0 Å². The summed E-state index contributed by atoms with van der Waals surface area (Å²) in [5.74, 6) is 1.27. The Labute approximate surface area is 174 Å². The van der Waals surface area contributed by atoms with Gasteiger partial charge in [-0.25, -0.2) is 9.97 Å².